The number of nitrogens with zero attached hydrogens (tertiary/aromatic N) is 3. The van der Waals surface area contributed by atoms with Gasteiger partial charge in [-0.3, -0.25) is 0 Å². The summed E-state index contributed by atoms with van der Waals surface area (Å²) in [6.45, 7) is -0.0296. The molecule has 0 bridgehead atoms. The van der Waals surface area contributed by atoms with Gasteiger partial charge in [-0.15, -0.1) is 5.10 Å². The van der Waals surface area contributed by atoms with Gasteiger partial charge < -0.3 is 14.6 Å². The topological polar surface area (TPSA) is 69.4 Å². The van der Waals surface area contributed by atoms with Crippen LogP contribution in [0.1, 0.15) is 17.7 Å². The summed E-state index contributed by atoms with van der Waals surface area (Å²) < 4.78 is 13.0. The van der Waals surface area contributed by atoms with Gasteiger partial charge in [0.2, 0.25) is 6.23 Å². The smallest absolute Gasteiger partial charge is 0.203 e. The Morgan fingerprint density at radius 2 is 2.14 bits per heavy atom. The van der Waals surface area contributed by atoms with E-state index in [9.17, 15) is 5.11 Å². The summed E-state index contributed by atoms with van der Waals surface area (Å²) in [5.74, 6) is 1.24. The van der Waals surface area contributed by atoms with Gasteiger partial charge in [0.1, 0.15) is 17.0 Å². The maximum Gasteiger partial charge on any atom is 0.203 e. The molecule has 0 saturated heterocycles. The molecule has 0 unspecified atom stereocenters. The van der Waals surface area contributed by atoms with Crippen molar-refractivity contribution in [2.75, 3.05) is 13.7 Å². The van der Waals surface area contributed by atoms with Gasteiger partial charge in [0.15, 0.2) is 0 Å². The maximum absolute atomic E-state index is 9.81. The van der Waals surface area contributed by atoms with Gasteiger partial charge in [-0.25, -0.2) is 4.68 Å². The molecule has 22 heavy (non-hydrogen) atoms. The molecule has 0 aliphatic carbocycles. The zero-order valence-electron chi connectivity index (χ0n) is 12.0. The van der Waals surface area contributed by atoms with Crippen LogP contribution in [-0.2, 0) is 0 Å². The Bertz CT molecular complexity index is 830. The predicted molar refractivity (Wildman–Crippen MR) is 80.0 cm³/mol. The van der Waals surface area contributed by atoms with E-state index in [1.54, 1.807) is 11.8 Å². The van der Waals surface area contributed by atoms with Gasteiger partial charge in [0, 0.05) is 11.6 Å². The Morgan fingerprint density at radius 3 is 2.95 bits per heavy atom. The first-order chi connectivity index (χ1) is 10.8. The SMILES string of the molecule is COc1ccc2c(c1)O[C@@H](n1nnc3ccccc31)[C@H]2CO. The molecule has 1 aliphatic rings. The highest BCUT2D eigenvalue weighted by molar-refractivity contribution is 5.74. The van der Waals surface area contributed by atoms with Crippen molar-refractivity contribution in [1.29, 1.82) is 0 Å². The number of hydrogen-bond donors (Lipinski definition) is 1. The summed E-state index contributed by atoms with van der Waals surface area (Å²) in [6, 6.07) is 13.3. The molecule has 1 aliphatic heterocycles. The standard InChI is InChI=1S/C16H15N3O3/c1-21-10-6-7-11-12(9-20)16(22-15(11)8-10)19-14-5-3-2-4-13(14)17-18-19/h2-8,12,16,20H,9H2,1H3/t12-,16+/m0/s1. The van der Waals surface area contributed by atoms with E-state index in [0.717, 1.165) is 22.3 Å². The van der Waals surface area contributed by atoms with Crippen molar-refractivity contribution in [2.45, 2.75) is 12.1 Å². The zero-order chi connectivity index (χ0) is 15.1. The Kier molecular flexibility index (Phi) is 2.97. The molecule has 1 N–H and O–H groups in total. The van der Waals surface area contributed by atoms with Gasteiger partial charge in [-0.1, -0.05) is 23.4 Å². The first-order valence-corrected chi connectivity index (χ1v) is 7.07. The third-order valence-electron chi connectivity index (χ3n) is 4.03. The Labute approximate surface area is 126 Å². The number of aliphatic hydroxyl groups excluding tert-OH is 1. The van der Waals surface area contributed by atoms with Gasteiger partial charge in [-0.05, 0) is 18.2 Å². The third-order valence-corrected chi connectivity index (χ3v) is 4.03. The average Bonchev–Trinajstić information content (AvgIpc) is 3.14. The molecule has 3 aromatic rings. The fourth-order valence-corrected chi connectivity index (χ4v) is 2.90. The van der Waals surface area contributed by atoms with E-state index >= 15 is 0 Å². The molecular weight excluding hydrogens is 282 g/mol. The van der Waals surface area contributed by atoms with Gasteiger partial charge in [-0.2, -0.15) is 0 Å². The highest BCUT2D eigenvalue weighted by Gasteiger charge is 2.37. The number of para-hydroxylation sites is 1. The lowest BCUT2D eigenvalue weighted by Crippen LogP contribution is -2.21. The van der Waals surface area contributed by atoms with Gasteiger partial charge in [0.25, 0.3) is 0 Å². The van der Waals surface area contributed by atoms with Crippen molar-refractivity contribution >= 4 is 11.0 Å². The number of methoxy groups -OCH3 is 1. The van der Waals surface area contributed by atoms with E-state index < -0.39 is 6.23 Å². The van der Waals surface area contributed by atoms with E-state index in [4.69, 9.17) is 9.47 Å². The van der Waals surface area contributed by atoms with Crippen LogP contribution in [0.2, 0.25) is 0 Å². The molecule has 0 spiro atoms. The summed E-state index contributed by atoms with van der Waals surface area (Å²) in [6.07, 6.45) is -0.417. The fraction of sp³-hybridized carbons (Fsp3) is 0.250. The molecule has 0 fully saturated rings. The maximum atomic E-state index is 9.81. The summed E-state index contributed by atoms with van der Waals surface area (Å²) in [5, 5.41) is 18.2. The van der Waals surface area contributed by atoms with Gasteiger partial charge in [0.05, 0.1) is 25.2 Å². The Balaban J connectivity index is 1.80. The van der Waals surface area contributed by atoms with Crippen LogP contribution >= 0.6 is 0 Å². The second-order valence-electron chi connectivity index (χ2n) is 5.22. The Hall–Kier alpha value is -2.60. The van der Waals surface area contributed by atoms with E-state index in [-0.39, 0.29) is 12.5 Å². The molecule has 0 radical (unpaired) electrons. The first kappa shape index (κ1) is 13.1. The summed E-state index contributed by atoms with van der Waals surface area (Å²) in [7, 11) is 1.61. The van der Waals surface area contributed by atoms with Crippen LogP contribution in [-0.4, -0.2) is 33.8 Å². The lowest BCUT2D eigenvalue weighted by molar-refractivity contribution is 0.0923. The molecule has 0 saturated carbocycles. The molecule has 6 nitrogen and oxygen atoms in total. The minimum atomic E-state index is -0.417. The molecule has 6 heteroatoms. The molecule has 1 aromatic heterocycles. The van der Waals surface area contributed by atoms with Crippen molar-refractivity contribution in [3.05, 3.63) is 48.0 Å². The van der Waals surface area contributed by atoms with E-state index in [0.29, 0.717) is 5.75 Å². The minimum absolute atomic E-state index is 0.0296. The van der Waals surface area contributed by atoms with Crippen LogP contribution in [0.3, 0.4) is 0 Å². The predicted octanol–water partition coefficient (Wildman–Crippen LogP) is 2.11. The molecule has 0 amide bonds. The van der Waals surface area contributed by atoms with Crippen molar-refractivity contribution < 1.29 is 14.6 Å². The number of fused-ring (bicyclic) bond motifs is 2. The molecule has 112 valence electrons. The van der Waals surface area contributed by atoms with Crippen molar-refractivity contribution in [3.63, 3.8) is 0 Å². The highest BCUT2D eigenvalue weighted by Crippen LogP contribution is 2.45. The van der Waals surface area contributed by atoms with E-state index in [2.05, 4.69) is 10.3 Å². The second-order valence-corrected chi connectivity index (χ2v) is 5.22. The largest absolute Gasteiger partial charge is 0.497 e. The molecule has 2 heterocycles. The summed E-state index contributed by atoms with van der Waals surface area (Å²) in [4.78, 5) is 0. The highest BCUT2D eigenvalue weighted by atomic mass is 16.5. The molecule has 4 rings (SSSR count). The number of aliphatic hydroxyl groups is 1. The average molecular weight is 297 g/mol. The van der Waals surface area contributed by atoms with Crippen molar-refractivity contribution in [1.82, 2.24) is 15.0 Å². The lowest BCUT2D eigenvalue weighted by Gasteiger charge is -2.17. The number of benzene rings is 2. The zero-order valence-corrected chi connectivity index (χ0v) is 12.0. The van der Waals surface area contributed by atoms with Crippen LogP contribution in [0.4, 0.5) is 0 Å². The molecular formula is C16H15N3O3. The van der Waals surface area contributed by atoms with Crippen LogP contribution < -0.4 is 9.47 Å². The van der Waals surface area contributed by atoms with Crippen molar-refractivity contribution in [2.24, 2.45) is 0 Å². The fourth-order valence-electron chi connectivity index (χ4n) is 2.90. The van der Waals surface area contributed by atoms with Crippen LogP contribution in [0.15, 0.2) is 42.5 Å². The number of hydrogen-bond acceptors (Lipinski definition) is 5. The van der Waals surface area contributed by atoms with Crippen LogP contribution in [0.5, 0.6) is 11.5 Å². The Morgan fingerprint density at radius 1 is 1.27 bits per heavy atom. The lowest BCUT2D eigenvalue weighted by atomic mass is 10.00. The normalized spacial score (nSPS) is 19.9. The van der Waals surface area contributed by atoms with Gasteiger partial charge >= 0.3 is 0 Å². The molecule has 2 aromatic carbocycles. The number of ether oxygens (including phenoxy) is 2. The monoisotopic (exact) mass is 297 g/mol. The van der Waals surface area contributed by atoms with E-state index in [1.165, 1.54) is 0 Å². The van der Waals surface area contributed by atoms with Crippen LogP contribution in [0, 0.1) is 0 Å². The second kappa shape index (κ2) is 4.99. The minimum Gasteiger partial charge on any atom is -0.497 e. The number of rotatable bonds is 3. The third kappa shape index (κ3) is 1.84. The number of aromatic nitrogens is 3. The van der Waals surface area contributed by atoms with Crippen LogP contribution in [0.25, 0.3) is 11.0 Å². The first-order valence-electron chi connectivity index (χ1n) is 7.07. The molecule has 2 atom stereocenters. The van der Waals surface area contributed by atoms with E-state index in [1.807, 2.05) is 42.5 Å². The summed E-state index contributed by atoms with van der Waals surface area (Å²) in [5.41, 5.74) is 2.63. The summed E-state index contributed by atoms with van der Waals surface area (Å²) >= 11 is 0. The van der Waals surface area contributed by atoms with Crippen molar-refractivity contribution in [3.8, 4) is 11.5 Å². The quantitative estimate of drug-likeness (QED) is 0.802.